The van der Waals surface area contributed by atoms with Crippen LogP contribution in [0.3, 0.4) is 0 Å². The van der Waals surface area contributed by atoms with Crippen LogP contribution < -0.4 is 31.5 Å². The minimum absolute atomic E-state index is 0.232. The molecular formula is C33H51O3PSi3. The van der Waals surface area contributed by atoms with Crippen LogP contribution in [0.5, 0.6) is 0 Å². The SMILES string of the molecule is CC(C)O[Si](C)(C)c1ccc(P(c2ccc([Si](C)(C)OC(C)C)cc2)c2ccc([Si](C)(C)OC(C)C)cc2)cc1. The maximum Gasteiger partial charge on any atom is 0.218 e. The van der Waals surface area contributed by atoms with Crippen molar-refractivity contribution in [1.82, 2.24) is 0 Å². The van der Waals surface area contributed by atoms with Crippen LogP contribution in [0.25, 0.3) is 0 Å². The Balaban J connectivity index is 2.04. The van der Waals surface area contributed by atoms with Gasteiger partial charge in [-0.15, -0.1) is 0 Å². The van der Waals surface area contributed by atoms with Gasteiger partial charge in [-0.1, -0.05) is 72.8 Å². The standard InChI is InChI=1S/C33H51O3PSi3/c1-25(2)34-38(7,8)31-19-13-28(14-20-31)37(29-15-21-32(22-16-29)39(9,10)35-26(3)4)30-17-23-33(24-18-30)40(11,12)36-27(5)6/h13-27H,1-12H3. The Morgan fingerprint density at radius 1 is 0.400 bits per heavy atom. The first-order valence-electron chi connectivity index (χ1n) is 14.7. The molecule has 0 N–H and O–H groups in total. The van der Waals surface area contributed by atoms with Crippen molar-refractivity contribution in [1.29, 1.82) is 0 Å². The van der Waals surface area contributed by atoms with Gasteiger partial charge >= 0.3 is 0 Å². The van der Waals surface area contributed by atoms with Crippen LogP contribution in [0.1, 0.15) is 41.5 Å². The van der Waals surface area contributed by atoms with Gasteiger partial charge in [0.25, 0.3) is 0 Å². The highest BCUT2D eigenvalue weighted by Gasteiger charge is 2.30. The molecule has 0 heterocycles. The fourth-order valence-corrected chi connectivity index (χ4v) is 14.5. The van der Waals surface area contributed by atoms with Crippen molar-refractivity contribution in [3.63, 3.8) is 0 Å². The van der Waals surface area contributed by atoms with Crippen molar-refractivity contribution in [3.8, 4) is 0 Å². The molecule has 3 rings (SSSR count). The van der Waals surface area contributed by atoms with E-state index in [0.29, 0.717) is 0 Å². The van der Waals surface area contributed by atoms with Crippen LogP contribution in [0.4, 0.5) is 0 Å². The Morgan fingerprint density at radius 3 is 0.775 bits per heavy atom. The monoisotopic (exact) mass is 610 g/mol. The maximum atomic E-state index is 6.37. The lowest BCUT2D eigenvalue weighted by molar-refractivity contribution is 0.238. The number of benzene rings is 3. The Kier molecular flexibility index (Phi) is 11.0. The van der Waals surface area contributed by atoms with Gasteiger partial charge in [-0.05, 0) is 120 Å². The summed E-state index contributed by atoms with van der Waals surface area (Å²) in [6.45, 7) is 26.5. The van der Waals surface area contributed by atoms with Gasteiger partial charge in [0.15, 0.2) is 0 Å². The summed E-state index contributed by atoms with van der Waals surface area (Å²) in [5, 5.41) is 8.09. The molecule has 0 unspecified atom stereocenters. The summed E-state index contributed by atoms with van der Waals surface area (Å²) in [4.78, 5) is 0. The van der Waals surface area contributed by atoms with Gasteiger partial charge in [-0.3, -0.25) is 0 Å². The lowest BCUT2D eigenvalue weighted by Crippen LogP contribution is -2.47. The molecule has 0 atom stereocenters. The zero-order valence-corrected chi connectivity index (χ0v) is 30.7. The van der Waals surface area contributed by atoms with Gasteiger partial charge in [0, 0.05) is 18.3 Å². The normalized spacial score (nSPS) is 13.2. The molecule has 0 saturated carbocycles. The van der Waals surface area contributed by atoms with Crippen LogP contribution in [0.15, 0.2) is 72.8 Å². The van der Waals surface area contributed by atoms with E-state index in [-0.39, 0.29) is 18.3 Å². The summed E-state index contributed by atoms with van der Waals surface area (Å²) in [6.07, 6.45) is 0.696. The first kappa shape index (κ1) is 33.1. The van der Waals surface area contributed by atoms with E-state index in [1.165, 1.54) is 31.5 Å². The highest BCUT2D eigenvalue weighted by Crippen LogP contribution is 2.32. The van der Waals surface area contributed by atoms with E-state index >= 15 is 0 Å². The number of hydrogen-bond donors (Lipinski definition) is 0. The zero-order chi connectivity index (χ0) is 29.9. The predicted molar refractivity (Wildman–Crippen MR) is 185 cm³/mol. The molecule has 0 aliphatic carbocycles. The Labute approximate surface area is 248 Å². The maximum absolute atomic E-state index is 6.37. The molecule has 3 nitrogen and oxygen atoms in total. The number of hydrogen-bond acceptors (Lipinski definition) is 3. The lowest BCUT2D eigenvalue weighted by atomic mass is 10.3. The summed E-state index contributed by atoms with van der Waals surface area (Å²) in [7, 11) is -6.58. The molecule has 3 aromatic rings. The van der Waals surface area contributed by atoms with Crippen LogP contribution in [0.2, 0.25) is 39.3 Å². The zero-order valence-electron chi connectivity index (χ0n) is 26.8. The second kappa shape index (κ2) is 13.3. The first-order valence-corrected chi connectivity index (χ1v) is 24.7. The third-order valence-corrected chi connectivity index (χ3v) is 17.8. The Bertz CT molecular complexity index is 1060. The summed E-state index contributed by atoms with van der Waals surface area (Å²) >= 11 is 0. The van der Waals surface area contributed by atoms with Crippen molar-refractivity contribution < 1.29 is 13.3 Å². The summed E-state index contributed by atoms with van der Waals surface area (Å²) in [5.74, 6) is 0. The summed E-state index contributed by atoms with van der Waals surface area (Å²) < 4.78 is 19.1. The minimum atomic E-state index is -1.95. The predicted octanol–water partition coefficient (Wildman–Crippen LogP) is 5.96. The van der Waals surface area contributed by atoms with Gasteiger partial charge in [-0.25, -0.2) is 0 Å². The van der Waals surface area contributed by atoms with Gasteiger partial charge < -0.3 is 13.3 Å². The molecular weight excluding hydrogens is 560 g/mol. The van der Waals surface area contributed by atoms with E-state index in [2.05, 4.69) is 154 Å². The highest BCUT2D eigenvalue weighted by molar-refractivity contribution is 7.79. The molecule has 0 spiro atoms. The van der Waals surface area contributed by atoms with Crippen molar-refractivity contribution >= 4 is 64.3 Å². The molecule has 0 aliphatic heterocycles. The summed E-state index contributed by atoms with van der Waals surface area (Å²) in [5.41, 5.74) is 0. The van der Waals surface area contributed by atoms with Gasteiger partial charge in [-0.2, -0.15) is 0 Å². The Hall–Kier alpha value is -1.38. The van der Waals surface area contributed by atoms with E-state index in [0.717, 1.165) is 0 Å². The second-order valence-corrected chi connectivity index (χ2v) is 26.7. The molecule has 3 aromatic carbocycles. The second-order valence-electron chi connectivity index (χ2n) is 13.0. The van der Waals surface area contributed by atoms with Crippen LogP contribution in [-0.2, 0) is 13.3 Å². The third-order valence-electron chi connectivity index (χ3n) is 7.05. The van der Waals surface area contributed by atoms with E-state index in [9.17, 15) is 0 Å². The fourth-order valence-electron chi connectivity index (χ4n) is 5.45. The Morgan fingerprint density at radius 2 is 0.600 bits per heavy atom. The third kappa shape index (κ3) is 8.57. The molecule has 0 fully saturated rings. The van der Waals surface area contributed by atoms with E-state index in [1.807, 2.05) is 0 Å². The molecule has 7 heteroatoms. The van der Waals surface area contributed by atoms with Crippen molar-refractivity contribution in [2.24, 2.45) is 0 Å². The molecule has 0 amide bonds. The van der Waals surface area contributed by atoms with Crippen LogP contribution in [-0.4, -0.2) is 43.3 Å². The van der Waals surface area contributed by atoms with Crippen molar-refractivity contribution in [2.75, 3.05) is 0 Å². The van der Waals surface area contributed by atoms with Crippen LogP contribution in [0, 0.1) is 0 Å². The number of rotatable bonds is 12. The molecule has 0 bridgehead atoms. The molecule has 0 saturated heterocycles. The van der Waals surface area contributed by atoms with Gasteiger partial charge in [0.1, 0.15) is 0 Å². The average Bonchev–Trinajstić information content (AvgIpc) is 2.83. The van der Waals surface area contributed by atoms with Gasteiger partial charge in [0.2, 0.25) is 25.0 Å². The fraction of sp³-hybridized carbons (Fsp3) is 0.455. The first-order chi connectivity index (χ1) is 18.5. The lowest BCUT2D eigenvalue weighted by Gasteiger charge is -2.28. The average molecular weight is 611 g/mol. The molecule has 218 valence electrons. The molecule has 0 radical (unpaired) electrons. The van der Waals surface area contributed by atoms with E-state index in [4.69, 9.17) is 13.3 Å². The molecule has 0 aromatic heterocycles. The van der Waals surface area contributed by atoms with Crippen molar-refractivity contribution in [2.45, 2.75) is 99.1 Å². The smallest absolute Gasteiger partial charge is 0.218 e. The molecule has 0 aliphatic rings. The van der Waals surface area contributed by atoms with Gasteiger partial charge in [0.05, 0.1) is 0 Å². The molecule has 40 heavy (non-hydrogen) atoms. The quantitative estimate of drug-likeness (QED) is 0.187. The van der Waals surface area contributed by atoms with E-state index < -0.39 is 32.9 Å². The summed E-state index contributed by atoms with van der Waals surface area (Å²) in [6, 6.07) is 27.9. The largest absolute Gasteiger partial charge is 0.411 e. The minimum Gasteiger partial charge on any atom is -0.411 e. The van der Waals surface area contributed by atoms with Crippen molar-refractivity contribution in [3.05, 3.63) is 72.8 Å². The van der Waals surface area contributed by atoms with Crippen LogP contribution >= 0.6 is 7.92 Å². The topological polar surface area (TPSA) is 27.7 Å². The highest BCUT2D eigenvalue weighted by atomic mass is 31.1. The van der Waals surface area contributed by atoms with E-state index in [1.54, 1.807) is 0 Å².